The first-order chi connectivity index (χ1) is 16.9. The van der Waals surface area contributed by atoms with Crippen LogP contribution in [0.5, 0.6) is 5.88 Å². The topological polar surface area (TPSA) is 119 Å². The highest BCUT2D eigenvalue weighted by Crippen LogP contribution is 2.15. The number of rotatable bonds is 22. The first-order valence-electron chi connectivity index (χ1n) is 13.7. The van der Waals surface area contributed by atoms with Crippen molar-refractivity contribution in [3.63, 3.8) is 0 Å². The molecule has 1 aromatic heterocycles. The summed E-state index contributed by atoms with van der Waals surface area (Å²) in [5.74, 6) is 1.47. The maximum atomic E-state index is 10.0. The van der Waals surface area contributed by atoms with Gasteiger partial charge >= 0.3 is 5.97 Å². The number of carbonyl (C=O) groups is 1. The Labute approximate surface area is 217 Å². The summed E-state index contributed by atoms with van der Waals surface area (Å²) in [7, 11) is 0. The Morgan fingerprint density at radius 2 is 1.51 bits per heavy atom. The fourth-order valence-electron chi connectivity index (χ4n) is 3.46. The van der Waals surface area contributed by atoms with Crippen LogP contribution >= 0.6 is 11.8 Å². The van der Waals surface area contributed by atoms with Crippen LogP contribution in [0.2, 0.25) is 0 Å². The number of unbranched alkanes of at least 4 members (excludes halogenated alkanes) is 13. The van der Waals surface area contributed by atoms with Gasteiger partial charge < -0.3 is 25.2 Å². The first kappa shape index (κ1) is 33.8. The van der Waals surface area contributed by atoms with Gasteiger partial charge in [0.1, 0.15) is 18.4 Å². The van der Waals surface area contributed by atoms with Gasteiger partial charge in [-0.1, -0.05) is 104 Å². The Morgan fingerprint density at radius 1 is 1.00 bits per heavy atom. The molecule has 0 aliphatic rings. The minimum atomic E-state index is -0.931. The van der Waals surface area contributed by atoms with Gasteiger partial charge in [0.15, 0.2) is 0 Å². The normalized spacial score (nSPS) is 12.7. The van der Waals surface area contributed by atoms with E-state index in [0.29, 0.717) is 5.88 Å². The summed E-state index contributed by atoms with van der Waals surface area (Å²) >= 11 is 1.85. The fourth-order valence-corrected chi connectivity index (χ4v) is 4.47. The molecule has 1 heterocycles. The minimum absolute atomic E-state index is 0.0125. The van der Waals surface area contributed by atoms with E-state index in [1.54, 1.807) is 19.9 Å². The number of aliphatic hydroxyl groups is 1. The molecule has 0 spiro atoms. The lowest BCUT2D eigenvalue weighted by molar-refractivity contribution is -0.139. The molecule has 1 aromatic rings. The summed E-state index contributed by atoms with van der Waals surface area (Å²) in [6.07, 6.45) is 20.8. The van der Waals surface area contributed by atoms with Crippen molar-refractivity contribution in [3.05, 3.63) is 12.3 Å². The predicted molar refractivity (Wildman–Crippen MR) is 146 cm³/mol. The fraction of sp³-hybridized carbons (Fsp3) is 0.852. The van der Waals surface area contributed by atoms with Crippen LogP contribution in [0.15, 0.2) is 16.9 Å². The average Bonchev–Trinajstić information content (AvgIpc) is 3.36. The number of ether oxygens (including phenoxy) is 1. The number of nitrogens with zero attached hydrogens (tertiary/aromatic N) is 1. The van der Waals surface area contributed by atoms with Crippen molar-refractivity contribution < 1.29 is 24.3 Å². The monoisotopic (exact) mass is 516 g/mol. The zero-order chi connectivity index (χ0) is 26.2. The molecule has 0 radical (unpaired) electrons. The smallest absolute Gasteiger partial charge is 0.320 e. The summed E-state index contributed by atoms with van der Waals surface area (Å²) < 4.78 is 10.3. The molecule has 4 N–H and O–H groups in total. The van der Waals surface area contributed by atoms with Crippen LogP contribution in [0.3, 0.4) is 0 Å². The largest absolute Gasteiger partial charge is 0.480 e. The van der Waals surface area contributed by atoms with Crippen LogP contribution < -0.4 is 10.5 Å². The van der Waals surface area contributed by atoms with E-state index in [9.17, 15) is 9.90 Å². The number of thioether (sulfide) groups is 1. The van der Waals surface area contributed by atoms with Gasteiger partial charge in [-0.3, -0.25) is 4.79 Å². The molecule has 0 bridgehead atoms. The van der Waals surface area contributed by atoms with Crippen LogP contribution in [0.25, 0.3) is 0 Å². The number of carboxylic acid groups (broad SMARTS) is 1. The third kappa shape index (κ3) is 21.7. The van der Waals surface area contributed by atoms with Gasteiger partial charge in [0.2, 0.25) is 0 Å². The van der Waals surface area contributed by atoms with E-state index in [4.69, 9.17) is 20.1 Å². The Bertz CT molecular complexity index is 572. The summed E-state index contributed by atoms with van der Waals surface area (Å²) in [5.41, 5.74) is 5.16. The highest BCUT2D eigenvalue weighted by atomic mass is 32.2. The second-order valence-electron chi connectivity index (χ2n) is 9.54. The first-order valence-corrected chi connectivity index (χ1v) is 14.8. The van der Waals surface area contributed by atoms with E-state index in [-0.39, 0.29) is 18.6 Å². The van der Waals surface area contributed by atoms with Crippen LogP contribution in [-0.4, -0.2) is 51.6 Å². The molecule has 2 atom stereocenters. The molecule has 0 aromatic carbocycles. The second-order valence-corrected chi connectivity index (χ2v) is 10.7. The van der Waals surface area contributed by atoms with Crippen molar-refractivity contribution in [1.82, 2.24) is 5.16 Å². The molecule has 0 aliphatic carbocycles. The van der Waals surface area contributed by atoms with E-state index in [1.807, 2.05) is 11.8 Å². The van der Waals surface area contributed by atoms with Crippen LogP contribution in [0, 0.1) is 5.92 Å². The maximum Gasteiger partial charge on any atom is 0.320 e. The minimum Gasteiger partial charge on any atom is -0.480 e. The zero-order valence-corrected chi connectivity index (χ0v) is 23.3. The molecule has 7 nitrogen and oxygen atoms in total. The van der Waals surface area contributed by atoms with Crippen molar-refractivity contribution in [2.24, 2.45) is 11.7 Å². The standard InChI is InChI=1S/C22H41NO3S.C5H11NO2/c1-2-3-4-5-6-7-8-9-10-11-12-13-14-15-18-27-20-21(19-24)26-22-16-17-25-23-22;1-3(2)4(6)5(7)8/h16-17,21,24H,2-15,18-20H2,1H3;3-4H,6H2,1-2H3,(H,7,8)/t;4-/m.0/s1. The molecule has 0 saturated carbocycles. The van der Waals surface area contributed by atoms with Crippen LogP contribution in [0.1, 0.15) is 111 Å². The van der Waals surface area contributed by atoms with E-state index < -0.39 is 12.0 Å². The van der Waals surface area contributed by atoms with Gasteiger partial charge in [0, 0.05) is 11.8 Å². The molecular formula is C27H52N2O5S. The number of aliphatic carboxylic acids is 1. The van der Waals surface area contributed by atoms with Crippen molar-refractivity contribution >= 4 is 17.7 Å². The van der Waals surface area contributed by atoms with E-state index in [0.717, 1.165) is 11.5 Å². The number of aromatic nitrogens is 1. The van der Waals surface area contributed by atoms with Gasteiger partial charge in [0.05, 0.1) is 6.61 Å². The molecule has 1 unspecified atom stereocenters. The Kier molecular flexibility index (Phi) is 23.6. The van der Waals surface area contributed by atoms with Crippen molar-refractivity contribution in [3.8, 4) is 5.88 Å². The average molecular weight is 517 g/mol. The lowest BCUT2D eigenvalue weighted by Crippen LogP contribution is -2.34. The van der Waals surface area contributed by atoms with Crippen LogP contribution in [0.4, 0.5) is 0 Å². The van der Waals surface area contributed by atoms with Crippen molar-refractivity contribution in [2.75, 3.05) is 18.1 Å². The third-order valence-electron chi connectivity index (χ3n) is 5.85. The lowest BCUT2D eigenvalue weighted by Gasteiger charge is -2.13. The van der Waals surface area contributed by atoms with Gasteiger partial charge in [0.25, 0.3) is 5.88 Å². The Morgan fingerprint density at radius 3 is 1.89 bits per heavy atom. The summed E-state index contributed by atoms with van der Waals surface area (Å²) in [4.78, 5) is 10.0. The molecule has 206 valence electrons. The van der Waals surface area contributed by atoms with Gasteiger partial charge in [-0.15, -0.1) is 0 Å². The highest BCUT2D eigenvalue weighted by Gasteiger charge is 2.14. The molecular weight excluding hydrogens is 464 g/mol. The SMILES string of the molecule is CC(C)[C@H](N)C(=O)O.CCCCCCCCCCCCCCCCSCC(CO)Oc1ccon1. The van der Waals surface area contributed by atoms with Crippen molar-refractivity contribution in [1.29, 1.82) is 0 Å². The second kappa shape index (κ2) is 24.4. The Balaban J connectivity index is 0.00000124. The van der Waals surface area contributed by atoms with E-state index in [2.05, 4.69) is 12.1 Å². The molecule has 8 heteroatoms. The van der Waals surface area contributed by atoms with Gasteiger partial charge in [-0.05, 0) is 23.2 Å². The summed E-state index contributed by atoms with van der Waals surface area (Å²) in [6, 6.07) is 0.955. The third-order valence-corrected chi connectivity index (χ3v) is 7.04. The molecule has 0 saturated heterocycles. The lowest BCUT2D eigenvalue weighted by atomic mass is 10.0. The van der Waals surface area contributed by atoms with E-state index >= 15 is 0 Å². The number of carboxylic acids is 1. The zero-order valence-electron chi connectivity index (χ0n) is 22.5. The van der Waals surface area contributed by atoms with Gasteiger partial charge in [-0.2, -0.15) is 11.8 Å². The van der Waals surface area contributed by atoms with Crippen LogP contribution in [-0.2, 0) is 4.79 Å². The maximum absolute atomic E-state index is 10.0. The number of aliphatic hydroxyl groups excluding tert-OH is 1. The number of hydrogen-bond donors (Lipinski definition) is 3. The molecule has 0 aliphatic heterocycles. The number of hydrogen-bond acceptors (Lipinski definition) is 7. The predicted octanol–water partition coefficient (Wildman–Crippen LogP) is 6.68. The molecule has 0 amide bonds. The quantitative estimate of drug-likeness (QED) is 0.146. The molecule has 0 fully saturated rings. The Hall–Kier alpha value is -1.25. The summed E-state index contributed by atoms with van der Waals surface area (Å²) in [5, 5.41) is 21.3. The van der Waals surface area contributed by atoms with E-state index in [1.165, 1.54) is 96.2 Å². The van der Waals surface area contributed by atoms with Gasteiger partial charge in [-0.25, -0.2) is 0 Å². The van der Waals surface area contributed by atoms with Crippen molar-refractivity contribution in [2.45, 2.75) is 123 Å². The highest BCUT2D eigenvalue weighted by molar-refractivity contribution is 7.99. The number of nitrogens with two attached hydrogens (primary N) is 1. The summed E-state index contributed by atoms with van der Waals surface area (Å²) in [6.45, 7) is 5.85. The molecule has 1 rings (SSSR count). The molecule has 35 heavy (non-hydrogen) atoms.